The summed E-state index contributed by atoms with van der Waals surface area (Å²) < 4.78 is 40.1. The number of aromatic nitrogens is 1. The molecule has 2 aromatic rings. The minimum atomic E-state index is -3.87. The van der Waals surface area contributed by atoms with E-state index in [4.69, 9.17) is 5.73 Å². The molecule has 0 aliphatic heterocycles. The minimum Gasteiger partial charge on any atom is -0.320 e. The van der Waals surface area contributed by atoms with Crippen LogP contribution >= 0.6 is 0 Å². The van der Waals surface area contributed by atoms with E-state index in [9.17, 15) is 12.8 Å². The maximum absolute atomic E-state index is 13.9. The Morgan fingerprint density at radius 2 is 2.14 bits per heavy atom. The largest absolute Gasteiger partial charge is 0.320 e. The third-order valence-corrected chi connectivity index (χ3v) is 3.84. The van der Waals surface area contributed by atoms with Crippen molar-refractivity contribution in [3.05, 3.63) is 54.1 Å². The fraction of sp³-hybridized carbons (Fsp3) is 0.0714. The summed E-state index contributed by atoms with van der Waals surface area (Å²) >= 11 is 0. The molecule has 0 unspecified atom stereocenters. The lowest BCUT2D eigenvalue weighted by atomic mass is 10.2. The summed E-state index contributed by atoms with van der Waals surface area (Å²) in [4.78, 5) is 3.67. The van der Waals surface area contributed by atoms with Gasteiger partial charge in [-0.3, -0.25) is 9.71 Å². The first-order valence-electron chi connectivity index (χ1n) is 5.94. The Balaban J connectivity index is 2.28. The molecule has 0 amide bonds. The zero-order valence-electron chi connectivity index (χ0n) is 10.9. The highest BCUT2D eigenvalue weighted by Gasteiger charge is 2.16. The maximum Gasteiger partial charge on any atom is 0.263 e. The highest BCUT2D eigenvalue weighted by molar-refractivity contribution is 7.92. The molecular weight excluding hydrogens is 293 g/mol. The Hall–Kier alpha value is -2.43. The Morgan fingerprint density at radius 1 is 1.33 bits per heavy atom. The molecule has 0 saturated carbocycles. The van der Waals surface area contributed by atoms with Gasteiger partial charge in [-0.25, -0.2) is 12.8 Å². The zero-order valence-corrected chi connectivity index (χ0v) is 11.7. The van der Waals surface area contributed by atoms with Crippen molar-refractivity contribution < 1.29 is 12.8 Å². The Morgan fingerprint density at radius 3 is 2.76 bits per heavy atom. The second kappa shape index (κ2) is 6.35. The van der Waals surface area contributed by atoms with Gasteiger partial charge in [-0.15, -0.1) is 0 Å². The van der Waals surface area contributed by atoms with Crippen molar-refractivity contribution in [1.29, 1.82) is 0 Å². The number of hydrogen-bond acceptors (Lipinski definition) is 4. The van der Waals surface area contributed by atoms with Crippen LogP contribution in [0.15, 0.2) is 47.6 Å². The predicted molar refractivity (Wildman–Crippen MR) is 77.4 cm³/mol. The number of pyridine rings is 1. The molecule has 0 aliphatic carbocycles. The molecule has 0 radical (unpaired) electrons. The number of nitrogens with zero attached hydrogens (tertiary/aromatic N) is 1. The fourth-order valence-electron chi connectivity index (χ4n) is 1.54. The summed E-state index contributed by atoms with van der Waals surface area (Å²) in [6.45, 7) is 0.164. The van der Waals surface area contributed by atoms with Crippen molar-refractivity contribution in [2.75, 3.05) is 11.3 Å². The number of halogens is 1. The number of anilines is 1. The SMILES string of the molecule is NCC#Cc1ccc(NS(=O)(=O)c2cccnc2)c(F)c1. The van der Waals surface area contributed by atoms with E-state index in [1.807, 2.05) is 0 Å². The monoisotopic (exact) mass is 305 g/mol. The number of rotatable bonds is 3. The van der Waals surface area contributed by atoms with E-state index in [0.717, 1.165) is 6.07 Å². The molecule has 108 valence electrons. The summed E-state index contributed by atoms with van der Waals surface area (Å²) in [6, 6.07) is 6.81. The zero-order chi connectivity index (χ0) is 15.3. The average molecular weight is 305 g/mol. The van der Waals surface area contributed by atoms with E-state index in [-0.39, 0.29) is 17.1 Å². The van der Waals surface area contributed by atoms with Gasteiger partial charge in [0.15, 0.2) is 0 Å². The molecule has 0 bridgehead atoms. The van der Waals surface area contributed by atoms with Gasteiger partial charge < -0.3 is 5.73 Å². The van der Waals surface area contributed by atoms with Gasteiger partial charge in [0.2, 0.25) is 0 Å². The van der Waals surface area contributed by atoms with Gasteiger partial charge in [0.1, 0.15) is 10.7 Å². The van der Waals surface area contributed by atoms with Gasteiger partial charge in [-0.2, -0.15) is 0 Å². The van der Waals surface area contributed by atoms with Crippen LogP contribution in [-0.2, 0) is 10.0 Å². The number of sulfonamides is 1. The Labute approximate surface area is 122 Å². The number of benzene rings is 1. The normalized spacial score (nSPS) is 10.6. The molecule has 21 heavy (non-hydrogen) atoms. The van der Waals surface area contributed by atoms with Gasteiger partial charge >= 0.3 is 0 Å². The van der Waals surface area contributed by atoms with E-state index in [2.05, 4.69) is 21.5 Å². The van der Waals surface area contributed by atoms with Crippen LogP contribution in [0.3, 0.4) is 0 Å². The smallest absolute Gasteiger partial charge is 0.263 e. The summed E-state index contributed by atoms with van der Waals surface area (Å²) in [5.74, 6) is 4.54. The van der Waals surface area contributed by atoms with Crippen LogP contribution in [0, 0.1) is 17.7 Å². The van der Waals surface area contributed by atoms with Crippen molar-refractivity contribution in [3.8, 4) is 11.8 Å². The lowest BCUT2D eigenvalue weighted by molar-refractivity contribution is 0.598. The Bertz CT molecular complexity index is 796. The van der Waals surface area contributed by atoms with Gasteiger partial charge in [-0.1, -0.05) is 11.8 Å². The lowest BCUT2D eigenvalue weighted by Crippen LogP contribution is -2.14. The van der Waals surface area contributed by atoms with Crippen LogP contribution < -0.4 is 10.5 Å². The third kappa shape index (κ3) is 3.78. The molecule has 2 rings (SSSR count). The standard InChI is InChI=1S/C14H12FN3O2S/c15-13-9-11(3-1-7-16)5-6-14(13)18-21(19,20)12-4-2-8-17-10-12/h2,4-6,8-10,18H,7,16H2. The van der Waals surface area contributed by atoms with Gasteiger partial charge in [0.25, 0.3) is 10.0 Å². The predicted octanol–water partition coefficient (Wildman–Crippen LogP) is 1.33. The summed E-state index contributed by atoms with van der Waals surface area (Å²) in [5.41, 5.74) is 5.49. The first kappa shape index (κ1) is 15.0. The molecule has 7 heteroatoms. The van der Waals surface area contributed by atoms with Crippen LogP contribution in [-0.4, -0.2) is 19.9 Å². The van der Waals surface area contributed by atoms with Crippen LogP contribution in [0.4, 0.5) is 10.1 Å². The highest BCUT2D eigenvalue weighted by Crippen LogP contribution is 2.19. The number of nitrogens with one attached hydrogen (secondary N) is 1. The molecule has 0 aliphatic rings. The van der Waals surface area contributed by atoms with Crippen LogP contribution in [0.1, 0.15) is 5.56 Å². The van der Waals surface area contributed by atoms with Crippen molar-refractivity contribution in [1.82, 2.24) is 4.98 Å². The maximum atomic E-state index is 13.9. The second-order valence-electron chi connectivity index (χ2n) is 3.99. The molecule has 0 atom stereocenters. The van der Waals surface area contributed by atoms with E-state index in [1.165, 1.54) is 36.7 Å². The van der Waals surface area contributed by atoms with Gasteiger partial charge in [0.05, 0.1) is 12.2 Å². The molecule has 1 aromatic heterocycles. The molecule has 0 saturated heterocycles. The van der Waals surface area contributed by atoms with Crippen molar-refractivity contribution in [3.63, 3.8) is 0 Å². The molecular formula is C14H12FN3O2S. The first-order chi connectivity index (χ1) is 10.0. The van der Waals surface area contributed by atoms with Gasteiger partial charge in [0, 0.05) is 18.0 Å². The summed E-state index contributed by atoms with van der Waals surface area (Å²) in [6.07, 6.45) is 2.63. The van der Waals surface area contributed by atoms with Crippen LogP contribution in [0.2, 0.25) is 0 Å². The van der Waals surface area contributed by atoms with Crippen LogP contribution in [0.25, 0.3) is 0 Å². The third-order valence-electron chi connectivity index (χ3n) is 2.49. The minimum absolute atomic E-state index is 0.0450. The van der Waals surface area contributed by atoms with Crippen LogP contribution in [0.5, 0.6) is 0 Å². The van der Waals surface area contributed by atoms with Gasteiger partial charge in [-0.05, 0) is 30.3 Å². The van der Waals surface area contributed by atoms with Crippen molar-refractivity contribution in [2.45, 2.75) is 4.90 Å². The molecule has 3 N–H and O–H groups in total. The molecule has 1 aromatic carbocycles. The lowest BCUT2D eigenvalue weighted by Gasteiger charge is -2.08. The average Bonchev–Trinajstić information content (AvgIpc) is 2.48. The molecule has 0 fully saturated rings. The fourth-order valence-corrected chi connectivity index (χ4v) is 2.57. The number of nitrogens with two attached hydrogens (primary N) is 1. The van der Waals surface area contributed by atoms with Crippen molar-refractivity contribution in [2.24, 2.45) is 5.73 Å². The second-order valence-corrected chi connectivity index (χ2v) is 5.68. The van der Waals surface area contributed by atoms with E-state index >= 15 is 0 Å². The van der Waals surface area contributed by atoms with Crippen molar-refractivity contribution >= 4 is 15.7 Å². The summed E-state index contributed by atoms with van der Waals surface area (Å²) in [7, 11) is -3.87. The molecule has 0 spiro atoms. The molecule has 5 nitrogen and oxygen atoms in total. The quantitative estimate of drug-likeness (QED) is 0.838. The van der Waals surface area contributed by atoms with E-state index in [0.29, 0.717) is 5.56 Å². The van der Waals surface area contributed by atoms with E-state index in [1.54, 1.807) is 0 Å². The van der Waals surface area contributed by atoms with E-state index < -0.39 is 15.8 Å². The highest BCUT2D eigenvalue weighted by atomic mass is 32.2. The number of hydrogen-bond donors (Lipinski definition) is 2. The topological polar surface area (TPSA) is 85.1 Å². The molecule has 1 heterocycles. The Kier molecular flexibility index (Phi) is 4.52. The first-order valence-corrected chi connectivity index (χ1v) is 7.42. The summed E-state index contributed by atoms with van der Waals surface area (Å²) in [5, 5.41) is 0.